The Morgan fingerprint density at radius 1 is 1.58 bits per heavy atom. The molecule has 4 heteroatoms. The molecule has 0 aromatic heterocycles. The van der Waals surface area contributed by atoms with E-state index >= 15 is 0 Å². The summed E-state index contributed by atoms with van der Waals surface area (Å²) in [5.41, 5.74) is -0.0264. The zero-order chi connectivity index (χ0) is 14.5. The molecule has 0 aromatic rings. The number of rotatable bonds is 5. The van der Waals surface area contributed by atoms with Crippen LogP contribution in [0.25, 0.3) is 0 Å². The Bertz CT molecular complexity index is 364. The molecule has 1 N–H and O–H groups in total. The molecule has 0 spiro atoms. The van der Waals surface area contributed by atoms with Gasteiger partial charge in [0.1, 0.15) is 0 Å². The molecule has 0 amide bonds. The van der Waals surface area contributed by atoms with Crippen molar-refractivity contribution in [1.82, 2.24) is 0 Å². The number of aliphatic hydroxyl groups is 1. The van der Waals surface area contributed by atoms with Crippen LogP contribution >= 0.6 is 11.6 Å². The molecule has 0 radical (unpaired) electrons. The van der Waals surface area contributed by atoms with Gasteiger partial charge in [0, 0.05) is 12.0 Å². The lowest BCUT2D eigenvalue weighted by Crippen LogP contribution is -2.41. The fourth-order valence-electron chi connectivity index (χ4n) is 2.49. The highest BCUT2D eigenvalue weighted by Crippen LogP contribution is 2.40. The van der Waals surface area contributed by atoms with E-state index in [1.54, 1.807) is 13.0 Å². The molecular formula is C15H23ClO3. The summed E-state index contributed by atoms with van der Waals surface area (Å²) in [7, 11) is 0. The molecule has 3 nitrogen and oxygen atoms in total. The van der Waals surface area contributed by atoms with Crippen molar-refractivity contribution >= 4 is 17.6 Å². The number of halogens is 1. The van der Waals surface area contributed by atoms with Crippen molar-refractivity contribution in [2.45, 2.75) is 38.7 Å². The summed E-state index contributed by atoms with van der Waals surface area (Å²) in [6.45, 7) is 8.04. The number of hydrogen-bond donors (Lipinski definition) is 1. The minimum Gasteiger partial charge on any atom is -0.463 e. The number of carbonyl (C=O) groups excluding carboxylic acids is 1. The van der Waals surface area contributed by atoms with Crippen LogP contribution in [-0.2, 0) is 9.53 Å². The van der Waals surface area contributed by atoms with Crippen LogP contribution in [0, 0.1) is 11.8 Å². The van der Waals surface area contributed by atoms with Gasteiger partial charge in [0.05, 0.1) is 12.2 Å². The highest BCUT2D eigenvalue weighted by atomic mass is 35.5. The summed E-state index contributed by atoms with van der Waals surface area (Å²) in [6.07, 6.45) is 5.34. The minimum atomic E-state index is -0.981. The van der Waals surface area contributed by atoms with E-state index in [0.29, 0.717) is 18.9 Å². The zero-order valence-electron chi connectivity index (χ0n) is 11.7. The molecule has 3 atom stereocenters. The summed E-state index contributed by atoms with van der Waals surface area (Å²) < 4.78 is 4.83. The van der Waals surface area contributed by atoms with Gasteiger partial charge in [-0.05, 0) is 44.1 Å². The Balaban J connectivity index is 2.75. The van der Waals surface area contributed by atoms with Crippen molar-refractivity contribution in [2.24, 2.45) is 11.8 Å². The molecule has 1 aliphatic rings. The molecule has 0 aromatic carbocycles. The largest absolute Gasteiger partial charge is 0.463 e. The fraction of sp³-hybridized carbons (Fsp3) is 0.667. The number of ether oxygens (including phenoxy) is 1. The minimum absolute atomic E-state index is 0.109. The first kappa shape index (κ1) is 16.3. The summed E-state index contributed by atoms with van der Waals surface area (Å²) in [5, 5.41) is 10.7. The topological polar surface area (TPSA) is 46.5 Å². The van der Waals surface area contributed by atoms with Gasteiger partial charge in [-0.15, -0.1) is 11.6 Å². The molecule has 1 aliphatic carbocycles. The quantitative estimate of drug-likeness (QED) is 0.366. The first-order valence-electron chi connectivity index (χ1n) is 6.75. The lowest BCUT2D eigenvalue weighted by atomic mass is 9.69. The smallest absolute Gasteiger partial charge is 0.330 e. The predicted molar refractivity (Wildman–Crippen MR) is 77.1 cm³/mol. The summed E-state index contributed by atoms with van der Waals surface area (Å²) in [5.74, 6) is 0.320. The maximum absolute atomic E-state index is 11.3. The van der Waals surface area contributed by atoms with Crippen molar-refractivity contribution in [1.29, 1.82) is 0 Å². The van der Waals surface area contributed by atoms with Gasteiger partial charge in [-0.2, -0.15) is 0 Å². The molecule has 19 heavy (non-hydrogen) atoms. The molecule has 0 aliphatic heterocycles. The highest BCUT2D eigenvalue weighted by Gasteiger charge is 2.38. The average molecular weight is 287 g/mol. The number of carbonyl (C=O) groups is 1. The molecule has 0 heterocycles. The zero-order valence-corrected chi connectivity index (χ0v) is 12.4. The Morgan fingerprint density at radius 2 is 2.26 bits per heavy atom. The summed E-state index contributed by atoms with van der Waals surface area (Å²) in [6, 6.07) is 0. The number of alkyl halides is 1. The average Bonchev–Trinajstić information content (AvgIpc) is 2.39. The second-order valence-corrected chi connectivity index (χ2v) is 5.52. The maximum atomic E-state index is 11.3. The third-order valence-electron chi connectivity index (χ3n) is 3.92. The molecule has 108 valence electrons. The van der Waals surface area contributed by atoms with Crippen LogP contribution in [0.3, 0.4) is 0 Å². The second kappa shape index (κ2) is 7.11. The van der Waals surface area contributed by atoms with Gasteiger partial charge in [-0.3, -0.25) is 0 Å². The molecule has 0 unspecified atom stereocenters. The van der Waals surface area contributed by atoms with Crippen LogP contribution in [0.4, 0.5) is 0 Å². The number of esters is 1. The van der Waals surface area contributed by atoms with Crippen LogP contribution in [0.1, 0.15) is 33.1 Å². The van der Waals surface area contributed by atoms with Crippen LogP contribution < -0.4 is 0 Å². The van der Waals surface area contributed by atoms with Gasteiger partial charge in [0.15, 0.2) is 0 Å². The third kappa shape index (κ3) is 4.36. The summed E-state index contributed by atoms with van der Waals surface area (Å²) >= 11 is 5.81. The molecular weight excluding hydrogens is 264 g/mol. The predicted octanol–water partition coefficient (Wildman–Crippen LogP) is 3.07. The highest BCUT2D eigenvalue weighted by molar-refractivity contribution is 6.19. The molecule has 0 saturated heterocycles. The second-order valence-electron chi connectivity index (χ2n) is 5.25. The van der Waals surface area contributed by atoms with Crippen molar-refractivity contribution in [2.75, 3.05) is 12.5 Å². The van der Waals surface area contributed by atoms with Crippen LogP contribution in [0.15, 0.2) is 24.3 Å². The van der Waals surface area contributed by atoms with Crippen molar-refractivity contribution in [3.05, 3.63) is 24.3 Å². The van der Waals surface area contributed by atoms with E-state index in [0.717, 1.165) is 18.4 Å². The lowest BCUT2D eigenvalue weighted by Gasteiger charge is -2.40. The Kier molecular flexibility index (Phi) is 6.08. The standard InChI is InChI=1S/C15H23ClO3/c1-4-19-14(17)7-8-15(18)9-13(11(2)10-16)6-5-12(15)3/h7-8,12-13,18H,2,4-6,9-10H2,1,3H3/b8-7+/t12-,13-,15+/m1/s1. The van der Waals surface area contributed by atoms with E-state index in [-0.39, 0.29) is 11.8 Å². The van der Waals surface area contributed by atoms with Crippen molar-refractivity contribution in [3.8, 4) is 0 Å². The SMILES string of the molecule is C=C(CCl)[C@@H]1CC[C@@H](C)[C@](O)(/C=C/C(=O)OCC)C1. The van der Waals surface area contributed by atoms with E-state index in [1.165, 1.54) is 6.08 Å². The third-order valence-corrected chi connectivity index (χ3v) is 4.26. The molecule has 1 saturated carbocycles. The fourth-order valence-corrected chi connectivity index (χ4v) is 2.71. The molecule has 0 bridgehead atoms. The van der Waals surface area contributed by atoms with Gasteiger partial charge in [0.2, 0.25) is 0 Å². The van der Waals surface area contributed by atoms with E-state index in [1.807, 2.05) is 6.92 Å². The van der Waals surface area contributed by atoms with Gasteiger partial charge in [-0.25, -0.2) is 4.79 Å². The monoisotopic (exact) mass is 286 g/mol. The van der Waals surface area contributed by atoms with Gasteiger partial charge >= 0.3 is 5.97 Å². The van der Waals surface area contributed by atoms with E-state index in [4.69, 9.17) is 16.3 Å². The Morgan fingerprint density at radius 3 is 2.84 bits per heavy atom. The Labute approximate surface area is 120 Å². The Hall–Kier alpha value is -0.800. The van der Waals surface area contributed by atoms with Crippen molar-refractivity contribution < 1.29 is 14.6 Å². The van der Waals surface area contributed by atoms with Gasteiger partial charge < -0.3 is 9.84 Å². The normalized spacial score (nSPS) is 31.4. The summed E-state index contributed by atoms with van der Waals surface area (Å²) in [4.78, 5) is 11.3. The van der Waals surface area contributed by atoms with Crippen LogP contribution in [0.5, 0.6) is 0 Å². The van der Waals surface area contributed by atoms with Crippen LogP contribution in [0.2, 0.25) is 0 Å². The van der Waals surface area contributed by atoms with Crippen LogP contribution in [-0.4, -0.2) is 29.2 Å². The number of hydrogen-bond acceptors (Lipinski definition) is 3. The first-order valence-corrected chi connectivity index (χ1v) is 7.28. The van der Waals surface area contributed by atoms with E-state index in [9.17, 15) is 9.90 Å². The lowest BCUT2D eigenvalue weighted by molar-refractivity contribution is -0.137. The molecule has 1 fully saturated rings. The first-order chi connectivity index (χ1) is 8.92. The maximum Gasteiger partial charge on any atom is 0.330 e. The number of allylic oxidation sites excluding steroid dienone is 1. The van der Waals surface area contributed by atoms with Gasteiger partial charge in [0.25, 0.3) is 0 Å². The molecule has 1 rings (SSSR count). The van der Waals surface area contributed by atoms with E-state index in [2.05, 4.69) is 6.58 Å². The van der Waals surface area contributed by atoms with Crippen molar-refractivity contribution in [3.63, 3.8) is 0 Å². The van der Waals surface area contributed by atoms with E-state index < -0.39 is 11.6 Å². The van der Waals surface area contributed by atoms with Gasteiger partial charge in [-0.1, -0.05) is 19.1 Å².